The Morgan fingerprint density at radius 1 is 1.38 bits per heavy atom. The predicted octanol–water partition coefficient (Wildman–Crippen LogP) is 2.25. The topological polar surface area (TPSA) is 81.4 Å². The number of methoxy groups -OCH3 is 1. The van der Waals surface area contributed by atoms with Gasteiger partial charge in [-0.25, -0.2) is 13.1 Å². The third-order valence-electron chi connectivity index (χ3n) is 2.94. The quantitative estimate of drug-likeness (QED) is 0.853. The van der Waals surface area contributed by atoms with Gasteiger partial charge in [0.05, 0.1) is 7.11 Å². The molecular weight excluding hydrogens is 308 g/mol. The van der Waals surface area contributed by atoms with Gasteiger partial charge >= 0.3 is 0 Å². The summed E-state index contributed by atoms with van der Waals surface area (Å²) in [5.41, 5.74) is 6.98. The van der Waals surface area contributed by atoms with Gasteiger partial charge in [-0.15, -0.1) is 11.3 Å². The number of nitrogen functional groups attached to an aromatic ring is 1. The van der Waals surface area contributed by atoms with E-state index in [1.54, 1.807) is 12.5 Å². The van der Waals surface area contributed by atoms with Crippen LogP contribution < -0.4 is 15.2 Å². The van der Waals surface area contributed by atoms with E-state index in [0.717, 1.165) is 22.6 Å². The number of nitrogens with one attached hydrogen (secondary N) is 1. The summed E-state index contributed by atoms with van der Waals surface area (Å²) in [6, 6.07) is 8.77. The summed E-state index contributed by atoms with van der Waals surface area (Å²) < 4.78 is 32.6. The molecule has 3 N–H and O–H groups in total. The zero-order valence-corrected chi connectivity index (χ0v) is 13.5. The van der Waals surface area contributed by atoms with Crippen molar-refractivity contribution in [1.29, 1.82) is 0 Å². The van der Waals surface area contributed by atoms with Crippen molar-refractivity contribution < 1.29 is 13.2 Å². The molecule has 0 bridgehead atoms. The van der Waals surface area contributed by atoms with Gasteiger partial charge in [0.15, 0.2) is 0 Å². The van der Waals surface area contributed by atoms with Crippen LogP contribution in [-0.2, 0) is 16.4 Å². The van der Waals surface area contributed by atoms with Crippen molar-refractivity contribution in [2.45, 2.75) is 23.6 Å². The van der Waals surface area contributed by atoms with E-state index in [1.807, 2.05) is 31.2 Å². The molecule has 5 nitrogen and oxygen atoms in total. The van der Waals surface area contributed by atoms with Gasteiger partial charge in [0.25, 0.3) is 0 Å². The third-order valence-corrected chi connectivity index (χ3v) is 5.98. The largest absolute Gasteiger partial charge is 0.496 e. The molecule has 1 aromatic heterocycles. The smallest absolute Gasteiger partial charge is 0.250 e. The molecule has 1 aromatic carbocycles. The summed E-state index contributed by atoms with van der Waals surface area (Å²) in [5.74, 6) is 0.754. The van der Waals surface area contributed by atoms with E-state index in [4.69, 9.17) is 10.5 Å². The minimum absolute atomic E-state index is 0.229. The normalized spacial score (nSPS) is 13.0. The Morgan fingerprint density at radius 2 is 2.10 bits per heavy atom. The maximum Gasteiger partial charge on any atom is 0.250 e. The second kappa shape index (κ2) is 6.46. The Bertz CT molecular complexity index is 711. The number of thiophene rings is 1. The van der Waals surface area contributed by atoms with Crippen LogP contribution in [0.1, 0.15) is 12.5 Å². The molecule has 0 amide bonds. The number of sulfonamides is 1. The van der Waals surface area contributed by atoms with Crippen LogP contribution in [-0.4, -0.2) is 21.6 Å². The van der Waals surface area contributed by atoms with Gasteiger partial charge in [-0.05, 0) is 31.0 Å². The third kappa shape index (κ3) is 3.96. The van der Waals surface area contributed by atoms with Crippen molar-refractivity contribution in [2.24, 2.45) is 0 Å². The van der Waals surface area contributed by atoms with Gasteiger partial charge in [-0.2, -0.15) is 0 Å². The maximum absolute atomic E-state index is 12.2. The average Bonchev–Trinajstić information content (AvgIpc) is 2.86. The van der Waals surface area contributed by atoms with E-state index in [9.17, 15) is 8.42 Å². The number of ether oxygens (including phenoxy) is 1. The maximum atomic E-state index is 12.2. The lowest BCUT2D eigenvalue weighted by atomic mass is 10.1. The van der Waals surface area contributed by atoms with Crippen LogP contribution in [0.25, 0.3) is 0 Å². The molecule has 0 saturated heterocycles. The molecular formula is C14H18N2O3S2. The molecule has 1 unspecified atom stereocenters. The molecule has 21 heavy (non-hydrogen) atoms. The van der Waals surface area contributed by atoms with Crippen LogP contribution >= 0.6 is 11.3 Å². The number of rotatable bonds is 6. The standard InChI is InChI=1S/C14H18N2O3S2/c1-10(7-11-5-3-4-6-13(11)19-2)16-21(17,18)14-8-12(15)9-20-14/h3-6,8-10,16H,7,15H2,1-2H3. The highest BCUT2D eigenvalue weighted by molar-refractivity contribution is 7.91. The summed E-state index contributed by atoms with van der Waals surface area (Å²) in [6.45, 7) is 1.82. The predicted molar refractivity (Wildman–Crippen MR) is 85.2 cm³/mol. The zero-order valence-electron chi connectivity index (χ0n) is 11.9. The minimum Gasteiger partial charge on any atom is -0.496 e. The molecule has 114 valence electrons. The highest BCUT2D eigenvalue weighted by Crippen LogP contribution is 2.23. The SMILES string of the molecule is COc1ccccc1CC(C)NS(=O)(=O)c1cc(N)cs1. The fourth-order valence-electron chi connectivity index (χ4n) is 2.04. The van der Waals surface area contributed by atoms with E-state index in [2.05, 4.69) is 4.72 Å². The zero-order chi connectivity index (χ0) is 15.5. The van der Waals surface area contributed by atoms with E-state index < -0.39 is 10.0 Å². The molecule has 1 heterocycles. The Labute approximate surface area is 128 Å². The fraction of sp³-hybridized carbons (Fsp3) is 0.286. The first-order valence-corrected chi connectivity index (χ1v) is 8.77. The molecule has 2 aromatic rings. The second-order valence-electron chi connectivity index (χ2n) is 4.74. The number of anilines is 1. The van der Waals surface area contributed by atoms with E-state index in [-0.39, 0.29) is 10.3 Å². The summed E-state index contributed by atoms with van der Waals surface area (Å²) in [7, 11) is -1.93. The van der Waals surface area contributed by atoms with Crippen LogP contribution in [0.3, 0.4) is 0 Å². The lowest BCUT2D eigenvalue weighted by Gasteiger charge is -2.15. The summed E-state index contributed by atoms with van der Waals surface area (Å²) in [5, 5.41) is 1.61. The number of nitrogens with two attached hydrogens (primary N) is 1. The first kappa shape index (κ1) is 15.8. The lowest BCUT2D eigenvalue weighted by molar-refractivity contribution is 0.407. The van der Waals surface area contributed by atoms with Crippen LogP contribution in [0.4, 0.5) is 5.69 Å². The lowest BCUT2D eigenvalue weighted by Crippen LogP contribution is -2.33. The van der Waals surface area contributed by atoms with Crippen LogP contribution in [0.15, 0.2) is 39.9 Å². The van der Waals surface area contributed by atoms with Gasteiger partial charge in [-0.1, -0.05) is 18.2 Å². The van der Waals surface area contributed by atoms with Crippen molar-refractivity contribution in [2.75, 3.05) is 12.8 Å². The summed E-state index contributed by atoms with van der Waals surface area (Å²) in [6.07, 6.45) is 0.546. The Balaban J connectivity index is 2.09. The highest BCUT2D eigenvalue weighted by Gasteiger charge is 2.20. The van der Waals surface area contributed by atoms with Crippen molar-refractivity contribution in [3.63, 3.8) is 0 Å². The van der Waals surface area contributed by atoms with Gasteiger partial charge in [0, 0.05) is 17.1 Å². The van der Waals surface area contributed by atoms with Crippen LogP contribution in [0.2, 0.25) is 0 Å². The van der Waals surface area contributed by atoms with E-state index >= 15 is 0 Å². The molecule has 2 rings (SSSR count). The van der Waals surface area contributed by atoms with Crippen molar-refractivity contribution in [3.8, 4) is 5.75 Å². The first-order chi connectivity index (χ1) is 9.92. The Hall–Kier alpha value is -1.57. The summed E-state index contributed by atoms with van der Waals surface area (Å²) >= 11 is 1.11. The van der Waals surface area contributed by atoms with Gasteiger partial charge in [-0.3, -0.25) is 0 Å². The number of hydrogen-bond acceptors (Lipinski definition) is 5. The number of para-hydroxylation sites is 1. The average molecular weight is 326 g/mol. The first-order valence-electron chi connectivity index (χ1n) is 6.40. The van der Waals surface area contributed by atoms with Crippen LogP contribution in [0, 0.1) is 0 Å². The Morgan fingerprint density at radius 3 is 2.71 bits per heavy atom. The minimum atomic E-state index is -3.53. The van der Waals surface area contributed by atoms with Crippen molar-refractivity contribution in [1.82, 2.24) is 4.72 Å². The summed E-state index contributed by atoms with van der Waals surface area (Å²) in [4.78, 5) is 0. The van der Waals surface area contributed by atoms with Gasteiger partial charge in [0.2, 0.25) is 10.0 Å². The van der Waals surface area contributed by atoms with E-state index in [0.29, 0.717) is 12.1 Å². The molecule has 7 heteroatoms. The molecule has 0 radical (unpaired) electrons. The molecule has 0 aliphatic rings. The van der Waals surface area contributed by atoms with Gasteiger partial charge in [0.1, 0.15) is 9.96 Å². The van der Waals surface area contributed by atoms with Crippen molar-refractivity contribution >= 4 is 27.0 Å². The fourth-order valence-corrected chi connectivity index (χ4v) is 4.38. The van der Waals surface area contributed by atoms with Crippen molar-refractivity contribution in [3.05, 3.63) is 41.3 Å². The second-order valence-corrected chi connectivity index (χ2v) is 7.59. The molecule has 0 fully saturated rings. The molecule has 0 aliphatic carbocycles. The molecule has 1 atom stereocenters. The monoisotopic (exact) mass is 326 g/mol. The van der Waals surface area contributed by atoms with Gasteiger partial charge < -0.3 is 10.5 Å². The highest BCUT2D eigenvalue weighted by atomic mass is 32.2. The van der Waals surface area contributed by atoms with Crippen LogP contribution in [0.5, 0.6) is 5.75 Å². The number of benzene rings is 1. The van der Waals surface area contributed by atoms with E-state index in [1.165, 1.54) is 6.07 Å². The Kier molecular flexibility index (Phi) is 4.87. The molecule has 0 saturated carbocycles. The molecule has 0 spiro atoms. The molecule has 0 aliphatic heterocycles. The number of hydrogen-bond donors (Lipinski definition) is 2.